The minimum atomic E-state index is 1.12. The molecule has 0 aliphatic carbocycles. The molecule has 0 aliphatic rings. The Balaban J connectivity index is 0.000000796. The Morgan fingerprint density at radius 1 is 0.233 bits per heavy atom. The molecule has 0 saturated heterocycles. The van der Waals surface area contributed by atoms with Gasteiger partial charge in [-0.2, -0.15) is 0 Å². The number of hydrogen-bond donors (Lipinski definition) is 0. The van der Waals surface area contributed by atoms with Crippen LogP contribution >= 0.6 is 0 Å². The van der Waals surface area contributed by atoms with Crippen LogP contribution in [0, 0.1) is 0 Å². The zero-order chi connectivity index (χ0) is 30.9. The minimum absolute atomic E-state index is 1.12. The van der Waals surface area contributed by atoms with Crippen LogP contribution in [-0.4, -0.2) is 0 Å². The van der Waals surface area contributed by atoms with Gasteiger partial charge in [-0.05, 0) is 69.8 Å². The van der Waals surface area contributed by atoms with E-state index < -0.39 is 0 Å². The second-order valence-corrected chi connectivity index (χ2v) is 9.07. The molecular weight excluding hydrogens is 518 g/mol. The first-order valence-electron chi connectivity index (χ1n) is 15.6. The van der Waals surface area contributed by atoms with Crippen LogP contribution in [0.5, 0.6) is 0 Å². The van der Waals surface area contributed by atoms with Crippen molar-refractivity contribution in [2.45, 2.75) is 41.5 Å². The van der Waals surface area contributed by atoms with Gasteiger partial charge in [-0.1, -0.05) is 169 Å². The normalized spacial score (nSPS) is 9.63. The SMILES string of the molecule is CC.CC.CC.c1ccc(-c2ccc(N(c3ccc(-c4ccccc4)cc3)c3ccc(-c4ccccc4)cc3)cc2)cc1. The third kappa shape index (κ3) is 8.56. The minimum Gasteiger partial charge on any atom is -0.311 e. The average Bonchev–Trinajstić information content (AvgIpc) is 3.13. The molecule has 0 heterocycles. The molecule has 0 aromatic heterocycles. The number of hydrogen-bond acceptors (Lipinski definition) is 1. The molecule has 6 aromatic rings. The summed E-state index contributed by atoms with van der Waals surface area (Å²) in [6.07, 6.45) is 0. The van der Waals surface area contributed by atoms with E-state index in [4.69, 9.17) is 0 Å². The van der Waals surface area contributed by atoms with E-state index in [9.17, 15) is 0 Å². The molecule has 0 unspecified atom stereocenters. The van der Waals surface area contributed by atoms with Crippen LogP contribution in [0.4, 0.5) is 17.1 Å². The Bertz CT molecular complexity index is 1360. The third-order valence-electron chi connectivity index (χ3n) is 6.70. The van der Waals surface area contributed by atoms with Crippen LogP contribution in [0.3, 0.4) is 0 Å². The van der Waals surface area contributed by atoms with E-state index in [1.54, 1.807) is 0 Å². The maximum Gasteiger partial charge on any atom is 0.0462 e. The quantitative estimate of drug-likeness (QED) is 0.195. The highest BCUT2D eigenvalue weighted by atomic mass is 15.1. The fourth-order valence-corrected chi connectivity index (χ4v) is 4.75. The van der Waals surface area contributed by atoms with Gasteiger partial charge in [0, 0.05) is 17.1 Å². The topological polar surface area (TPSA) is 3.24 Å². The predicted octanol–water partition coefficient (Wildman–Crippen LogP) is 13.2. The fraction of sp³-hybridized carbons (Fsp3) is 0.143. The lowest BCUT2D eigenvalue weighted by molar-refractivity contribution is 1.28. The van der Waals surface area contributed by atoms with Gasteiger partial charge in [0.1, 0.15) is 0 Å². The van der Waals surface area contributed by atoms with Crippen molar-refractivity contribution in [2.75, 3.05) is 4.90 Å². The van der Waals surface area contributed by atoms with Gasteiger partial charge in [-0.3, -0.25) is 0 Å². The van der Waals surface area contributed by atoms with Crippen LogP contribution in [0.2, 0.25) is 0 Å². The van der Waals surface area contributed by atoms with Gasteiger partial charge in [0.25, 0.3) is 0 Å². The number of anilines is 3. The summed E-state index contributed by atoms with van der Waals surface area (Å²) in [7, 11) is 0. The molecule has 0 saturated carbocycles. The molecule has 0 aliphatic heterocycles. The molecule has 1 nitrogen and oxygen atoms in total. The maximum atomic E-state index is 2.32. The molecular formula is C42H45N. The molecule has 0 amide bonds. The fourth-order valence-electron chi connectivity index (χ4n) is 4.75. The van der Waals surface area contributed by atoms with Crippen molar-refractivity contribution in [3.63, 3.8) is 0 Å². The summed E-state index contributed by atoms with van der Waals surface area (Å²) in [5.74, 6) is 0. The highest BCUT2D eigenvalue weighted by Crippen LogP contribution is 2.37. The first-order valence-corrected chi connectivity index (χ1v) is 15.6. The predicted molar refractivity (Wildman–Crippen MR) is 191 cm³/mol. The van der Waals surface area contributed by atoms with E-state index in [0.717, 1.165) is 17.1 Å². The summed E-state index contributed by atoms with van der Waals surface area (Å²) in [4.78, 5) is 2.32. The molecule has 0 fully saturated rings. The van der Waals surface area contributed by atoms with E-state index in [1.165, 1.54) is 33.4 Å². The summed E-state index contributed by atoms with van der Waals surface area (Å²) in [5, 5.41) is 0. The average molecular weight is 564 g/mol. The smallest absolute Gasteiger partial charge is 0.0462 e. The summed E-state index contributed by atoms with van der Waals surface area (Å²) in [5.41, 5.74) is 10.7. The van der Waals surface area contributed by atoms with E-state index >= 15 is 0 Å². The number of rotatable bonds is 6. The highest BCUT2D eigenvalue weighted by Gasteiger charge is 2.13. The summed E-state index contributed by atoms with van der Waals surface area (Å²) >= 11 is 0. The zero-order valence-electron chi connectivity index (χ0n) is 26.5. The Morgan fingerprint density at radius 3 is 0.628 bits per heavy atom. The molecule has 6 rings (SSSR count). The van der Waals surface area contributed by atoms with Crippen molar-refractivity contribution in [3.05, 3.63) is 164 Å². The Labute approximate surface area is 260 Å². The molecule has 218 valence electrons. The van der Waals surface area contributed by atoms with Gasteiger partial charge in [-0.15, -0.1) is 0 Å². The van der Waals surface area contributed by atoms with Crippen molar-refractivity contribution in [2.24, 2.45) is 0 Å². The molecule has 0 bridgehead atoms. The van der Waals surface area contributed by atoms with Crippen molar-refractivity contribution >= 4 is 17.1 Å². The van der Waals surface area contributed by atoms with E-state index in [2.05, 4.69) is 169 Å². The Morgan fingerprint density at radius 2 is 0.419 bits per heavy atom. The summed E-state index contributed by atoms with van der Waals surface area (Å²) < 4.78 is 0. The second-order valence-electron chi connectivity index (χ2n) is 9.07. The van der Waals surface area contributed by atoms with E-state index in [0.29, 0.717) is 0 Å². The van der Waals surface area contributed by atoms with Gasteiger partial charge in [-0.25, -0.2) is 0 Å². The summed E-state index contributed by atoms with van der Waals surface area (Å²) in [6.45, 7) is 12.0. The van der Waals surface area contributed by atoms with Crippen molar-refractivity contribution < 1.29 is 0 Å². The van der Waals surface area contributed by atoms with Gasteiger partial charge in [0.05, 0.1) is 0 Å². The number of benzene rings is 6. The van der Waals surface area contributed by atoms with Gasteiger partial charge in [0.15, 0.2) is 0 Å². The Hall–Kier alpha value is -4.88. The molecule has 0 atom stereocenters. The second kappa shape index (κ2) is 17.8. The first-order chi connectivity index (χ1) is 21.3. The van der Waals surface area contributed by atoms with Crippen LogP contribution < -0.4 is 4.90 Å². The number of nitrogens with zero attached hydrogens (tertiary/aromatic N) is 1. The van der Waals surface area contributed by atoms with Crippen molar-refractivity contribution in [3.8, 4) is 33.4 Å². The largest absolute Gasteiger partial charge is 0.311 e. The van der Waals surface area contributed by atoms with E-state index in [1.807, 2.05) is 41.5 Å². The lowest BCUT2D eigenvalue weighted by Crippen LogP contribution is -2.09. The molecule has 1 heteroatoms. The van der Waals surface area contributed by atoms with Crippen LogP contribution in [0.1, 0.15) is 41.5 Å². The molecule has 0 N–H and O–H groups in total. The molecule has 6 aromatic carbocycles. The lowest BCUT2D eigenvalue weighted by Gasteiger charge is -2.26. The standard InChI is InChI=1S/C36H27N.3C2H6/c1-4-10-28(11-5-1)31-16-22-34(23-17-31)37(35-24-18-32(19-25-35)29-12-6-2-7-13-29)36-26-20-33(21-27-36)30-14-8-3-9-15-30;3*1-2/h1-27H;3*1-2H3. The van der Waals surface area contributed by atoms with Gasteiger partial charge < -0.3 is 4.90 Å². The summed E-state index contributed by atoms with van der Waals surface area (Å²) in [6, 6.07) is 58.0. The van der Waals surface area contributed by atoms with Crippen LogP contribution in [0.15, 0.2) is 164 Å². The van der Waals surface area contributed by atoms with E-state index in [-0.39, 0.29) is 0 Å². The van der Waals surface area contributed by atoms with Crippen LogP contribution in [-0.2, 0) is 0 Å². The van der Waals surface area contributed by atoms with Crippen molar-refractivity contribution in [1.29, 1.82) is 0 Å². The lowest BCUT2D eigenvalue weighted by atomic mass is 10.0. The maximum absolute atomic E-state index is 2.32. The molecule has 0 radical (unpaired) electrons. The highest BCUT2D eigenvalue weighted by molar-refractivity contribution is 5.81. The van der Waals surface area contributed by atoms with Crippen LogP contribution in [0.25, 0.3) is 33.4 Å². The third-order valence-corrected chi connectivity index (χ3v) is 6.70. The molecule has 43 heavy (non-hydrogen) atoms. The first kappa shape index (κ1) is 32.6. The van der Waals surface area contributed by atoms with Crippen molar-refractivity contribution in [1.82, 2.24) is 0 Å². The monoisotopic (exact) mass is 563 g/mol. The van der Waals surface area contributed by atoms with Gasteiger partial charge >= 0.3 is 0 Å². The van der Waals surface area contributed by atoms with Gasteiger partial charge in [0.2, 0.25) is 0 Å². The zero-order valence-corrected chi connectivity index (χ0v) is 26.5. The Kier molecular flexibility index (Phi) is 13.5. The molecule has 0 spiro atoms.